The number of nitrogens with one attached hydrogen (secondary N) is 1. The monoisotopic (exact) mass is 507 g/mol. The maximum absolute atomic E-state index is 13.0. The van der Waals surface area contributed by atoms with Crippen LogP contribution < -0.4 is 5.56 Å². The number of aromatic nitrogens is 1. The minimum absolute atomic E-state index is 0.0790. The minimum Gasteiger partial charge on any atom is -0.459 e. The molecular weight excluding hydrogens is 486 g/mol. The van der Waals surface area contributed by atoms with E-state index >= 15 is 0 Å². The number of rotatable bonds is 5. The number of benzene rings is 2. The molecule has 178 valence electrons. The van der Waals surface area contributed by atoms with Crippen LogP contribution in [0.2, 0.25) is 5.02 Å². The number of carbonyl (C=O) groups excluding carboxylic acids is 2. The minimum atomic E-state index is -0.245. The summed E-state index contributed by atoms with van der Waals surface area (Å²) in [5.41, 5.74) is 2.08. The number of nitrogens with zero attached hydrogens (tertiary/aromatic N) is 2. The number of aromatic amines is 1. The fourth-order valence-corrected chi connectivity index (χ4v) is 5.39. The molecule has 0 bridgehead atoms. The van der Waals surface area contributed by atoms with Gasteiger partial charge in [-0.2, -0.15) is 0 Å². The second-order valence-corrected chi connectivity index (χ2v) is 9.58. The Kier molecular flexibility index (Phi) is 6.66. The van der Waals surface area contributed by atoms with Crippen molar-refractivity contribution in [3.63, 3.8) is 0 Å². The molecule has 1 saturated heterocycles. The maximum atomic E-state index is 13.0. The van der Waals surface area contributed by atoms with Crippen molar-refractivity contribution in [2.45, 2.75) is 4.90 Å². The molecule has 0 aliphatic carbocycles. The Balaban J connectivity index is 1.34. The highest BCUT2D eigenvalue weighted by molar-refractivity contribution is 8.00. The van der Waals surface area contributed by atoms with Crippen LogP contribution in [0.1, 0.15) is 10.6 Å². The van der Waals surface area contributed by atoms with E-state index in [1.807, 2.05) is 36.4 Å². The van der Waals surface area contributed by atoms with Gasteiger partial charge >= 0.3 is 0 Å². The molecule has 2 amide bonds. The Labute approximate surface area is 210 Å². The molecule has 1 N–H and O–H groups in total. The Hall–Kier alpha value is -3.49. The molecule has 9 heteroatoms. The lowest BCUT2D eigenvalue weighted by Crippen LogP contribution is -2.51. The van der Waals surface area contributed by atoms with Crippen LogP contribution in [0.4, 0.5) is 0 Å². The largest absolute Gasteiger partial charge is 0.459 e. The average Bonchev–Trinajstić information content (AvgIpc) is 3.42. The topological polar surface area (TPSA) is 86.6 Å². The van der Waals surface area contributed by atoms with Gasteiger partial charge in [0.2, 0.25) is 5.91 Å². The van der Waals surface area contributed by atoms with Gasteiger partial charge in [-0.05, 0) is 35.9 Å². The molecule has 0 spiro atoms. The molecular formula is C26H22ClN3O4S. The highest BCUT2D eigenvalue weighted by Gasteiger charge is 2.26. The number of thioether (sulfide) groups is 1. The van der Waals surface area contributed by atoms with Gasteiger partial charge in [0.1, 0.15) is 0 Å². The van der Waals surface area contributed by atoms with E-state index in [2.05, 4.69) is 4.98 Å². The van der Waals surface area contributed by atoms with Gasteiger partial charge in [0, 0.05) is 47.7 Å². The third kappa shape index (κ3) is 4.85. The lowest BCUT2D eigenvalue weighted by Gasteiger charge is -2.34. The van der Waals surface area contributed by atoms with E-state index in [0.717, 1.165) is 16.5 Å². The van der Waals surface area contributed by atoms with E-state index in [1.165, 1.54) is 18.0 Å². The van der Waals surface area contributed by atoms with Crippen molar-refractivity contribution in [2.24, 2.45) is 0 Å². The number of fused-ring (bicyclic) bond motifs is 1. The first-order valence-electron chi connectivity index (χ1n) is 11.2. The van der Waals surface area contributed by atoms with Gasteiger partial charge in [0.15, 0.2) is 5.76 Å². The summed E-state index contributed by atoms with van der Waals surface area (Å²) in [5, 5.41) is 1.39. The molecule has 1 aliphatic heterocycles. The predicted molar refractivity (Wildman–Crippen MR) is 137 cm³/mol. The van der Waals surface area contributed by atoms with Gasteiger partial charge in [0.05, 0.1) is 16.9 Å². The lowest BCUT2D eigenvalue weighted by atomic mass is 10.0. The number of carbonyl (C=O) groups is 2. The average molecular weight is 508 g/mol. The van der Waals surface area contributed by atoms with Gasteiger partial charge in [-0.3, -0.25) is 14.4 Å². The maximum Gasteiger partial charge on any atom is 0.289 e. The molecule has 0 saturated carbocycles. The molecule has 0 radical (unpaired) electrons. The summed E-state index contributed by atoms with van der Waals surface area (Å²) in [7, 11) is 0. The standard InChI is InChI=1S/C26H22ClN3O4S/c27-18-8-9-20-19(15-18)23(17-5-2-1-3-6-17)24(25(32)28-20)35-16-22(31)29-10-12-30(13-11-29)26(33)21-7-4-14-34-21/h1-9,14-15H,10-13,16H2,(H,28,32). The zero-order chi connectivity index (χ0) is 24.4. The first-order valence-corrected chi connectivity index (χ1v) is 12.5. The zero-order valence-electron chi connectivity index (χ0n) is 18.7. The number of hydrogen-bond donors (Lipinski definition) is 1. The Morgan fingerprint density at radius 1 is 0.971 bits per heavy atom. The highest BCUT2D eigenvalue weighted by Crippen LogP contribution is 2.35. The third-order valence-electron chi connectivity index (χ3n) is 5.99. The van der Waals surface area contributed by atoms with E-state index in [9.17, 15) is 14.4 Å². The summed E-state index contributed by atoms with van der Waals surface area (Å²) in [6.45, 7) is 1.72. The van der Waals surface area contributed by atoms with E-state index in [-0.39, 0.29) is 23.1 Å². The van der Waals surface area contributed by atoms with Crippen molar-refractivity contribution in [3.05, 3.63) is 88.1 Å². The normalized spacial score (nSPS) is 13.9. The fourth-order valence-electron chi connectivity index (χ4n) is 4.22. The van der Waals surface area contributed by atoms with Crippen LogP contribution in [0.5, 0.6) is 0 Å². The smallest absolute Gasteiger partial charge is 0.289 e. The number of piperazine rings is 1. The molecule has 1 fully saturated rings. The van der Waals surface area contributed by atoms with Gasteiger partial charge in [0.25, 0.3) is 11.5 Å². The van der Waals surface area contributed by atoms with E-state index in [0.29, 0.717) is 47.4 Å². The summed E-state index contributed by atoms with van der Waals surface area (Å²) in [5.74, 6) is 0.153. The van der Waals surface area contributed by atoms with Crippen molar-refractivity contribution in [3.8, 4) is 11.1 Å². The SMILES string of the molecule is O=C(CSc1c(-c2ccccc2)c2cc(Cl)ccc2[nH]c1=O)N1CCN(C(=O)c2ccco2)CC1. The van der Waals surface area contributed by atoms with Crippen molar-refractivity contribution < 1.29 is 14.0 Å². The summed E-state index contributed by atoms with van der Waals surface area (Å²) < 4.78 is 5.19. The van der Waals surface area contributed by atoms with Crippen molar-refractivity contribution >= 4 is 46.1 Å². The Morgan fingerprint density at radius 3 is 2.43 bits per heavy atom. The summed E-state index contributed by atoms with van der Waals surface area (Å²) in [6, 6.07) is 18.3. The van der Waals surface area contributed by atoms with Gasteiger partial charge in [-0.25, -0.2) is 0 Å². The van der Waals surface area contributed by atoms with E-state index in [4.69, 9.17) is 16.0 Å². The number of halogens is 1. The van der Waals surface area contributed by atoms with Crippen LogP contribution in [-0.4, -0.2) is 58.5 Å². The summed E-state index contributed by atoms with van der Waals surface area (Å²) >= 11 is 7.49. The van der Waals surface area contributed by atoms with Gasteiger partial charge < -0.3 is 19.2 Å². The number of hydrogen-bond acceptors (Lipinski definition) is 5. The number of H-pyrrole nitrogens is 1. The second kappa shape index (κ2) is 10.0. The van der Waals surface area contributed by atoms with Crippen molar-refractivity contribution in [2.75, 3.05) is 31.9 Å². The van der Waals surface area contributed by atoms with Crippen molar-refractivity contribution in [1.82, 2.24) is 14.8 Å². The molecule has 35 heavy (non-hydrogen) atoms. The number of amides is 2. The quantitative estimate of drug-likeness (QED) is 0.401. The fraction of sp³-hybridized carbons (Fsp3) is 0.192. The van der Waals surface area contributed by atoms with Crippen LogP contribution in [-0.2, 0) is 4.79 Å². The van der Waals surface area contributed by atoms with Crippen LogP contribution in [0.15, 0.2) is 81.0 Å². The highest BCUT2D eigenvalue weighted by atomic mass is 35.5. The lowest BCUT2D eigenvalue weighted by molar-refractivity contribution is -0.129. The number of pyridine rings is 1. The molecule has 2 aromatic heterocycles. The second-order valence-electron chi connectivity index (χ2n) is 8.15. The summed E-state index contributed by atoms with van der Waals surface area (Å²) in [6.07, 6.45) is 1.47. The molecule has 3 heterocycles. The van der Waals surface area contributed by atoms with Crippen LogP contribution in [0.25, 0.3) is 22.0 Å². The molecule has 7 nitrogen and oxygen atoms in total. The zero-order valence-corrected chi connectivity index (χ0v) is 20.3. The number of furan rings is 1. The molecule has 5 rings (SSSR count). The van der Waals surface area contributed by atoms with E-state index in [1.54, 1.807) is 34.1 Å². The predicted octanol–water partition coefficient (Wildman–Crippen LogP) is 4.52. The third-order valence-corrected chi connectivity index (χ3v) is 7.29. The molecule has 4 aromatic rings. The first-order chi connectivity index (χ1) is 17.0. The van der Waals surface area contributed by atoms with Crippen molar-refractivity contribution in [1.29, 1.82) is 0 Å². The molecule has 0 atom stereocenters. The van der Waals surface area contributed by atoms with Gasteiger partial charge in [-0.1, -0.05) is 41.9 Å². The molecule has 0 unspecified atom stereocenters. The van der Waals surface area contributed by atoms with E-state index < -0.39 is 0 Å². The van der Waals surface area contributed by atoms with Crippen LogP contribution in [0.3, 0.4) is 0 Å². The van der Waals surface area contributed by atoms with Crippen LogP contribution in [0, 0.1) is 0 Å². The molecule has 1 aliphatic rings. The Bertz CT molecular complexity index is 1430. The summed E-state index contributed by atoms with van der Waals surface area (Å²) in [4.78, 5) is 45.3. The van der Waals surface area contributed by atoms with Crippen LogP contribution >= 0.6 is 23.4 Å². The first kappa shape index (κ1) is 23.3. The molecule has 2 aromatic carbocycles. The van der Waals surface area contributed by atoms with Gasteiger partial charge in [-0.15, -0.1) is 11.8 Å². The Morgan fingerprint density at radius 2 is 1.71 bits per heavy atom.